The Bertz CT molecular complexity index is 1430. The summed E-state index contributed by atoms with van der Waals surface area (Å²) in [6.07, 6.45) is 5.48. The number of rotatable bonds is 5. The van der Waals surface area contributed by atoms with Gasteiger partial charge in [0.25, 0.3) is 0 Å². The Kier molecular flexibility index (Phi) is 5.72. The first-order chi connectivity index (χ1) is 16.2. The van der Waals surface area contributed by atoms with Crippen LogP contribution in [0.4, 0.5) is 10.4 Å². The lowest BCUT2D eigenvalue weighted by molar-refractivity contribution is 0.361. The largest absolute Gasteiger partial charge is 0.344 e. The Hall–Kier alpha value is -3.13. The summed E-state index contributed by atoms with van der Waals surface area (Å²) in [5.41, 5.74) is 2.19. The summed E-state index contributed by atoms with van der Waals surface area (Å²) in [5, 5.41) is 5.07. The maximum absolute atomic E-state index is 15.2. The molecule has 178 valence electrons. The first-order valence-corrected chi connectivity index (χ1v) is 13.7. The number of halogens is 1. The molecule has 3 heterocycles. The van der Waals surface area contributed by atoms with E-state index in [0.717, 1.165) is 48.2 Å². The number of piperidine rings is 1. The normalized spacial score (nSPS) is 16.9. The molecule has 4 aromatic rings. The van der Waals surface area contributed by atoms with Crippen LogP contribution >= 0.6 is 0 Å². The van der Waals surface area contributed by atoms with Crippen molar-refractivity contribution >= 4 is 32.3 Å². The van der Waals surface area contributed by atoms with Gasteiger partial charge in [0.15, 0.2) is 5.82 Å². The summed E-state index contributed by atoms with van der Waals surface area (Å²) in [4.78, 5) is 7.30. The van der Waals surface area contributed by atoms with Gasteiger partial charge in [-0.2, -0.15) is 4.98 Å². The maximum atomic E-state index is 15.2. The molecule has 2 aromatic heterocycles. The van der Waals surface area contributed by atoms with Crippen molar-refractivity contribution in [2.75, 3.05) is 24.2 Å². The van der Waals surface area contributed by atoms with Gasteiger partial charge in [-0.1, -0.05) is 31.1 Å². The van der Waals surface area contributed by atoms with Gasteiger partial charge in [-0.15, -0.1) is 0 Å². The molecule has 8 heteroatoms. The lowest BCUT2D eigenvalue weighted by Gasteiger charge is -2.31. The zero-order chi connectivity index (χ0) is 24.0. The molecule has 0 aliphatic carbocycles. The van der Waals surface area contributed by atoms with Crippen LogP contribution in [0.1, 0.15) is 44.5 Å². The van der Waals surface area contributed by atoms with Crippen LogP contribution in [0.3, 0.4) is 0 Å². The third-order valence-electron chi connectivity index (χ3n) is 6.55. The van der Waals surface area contributed by atoms with Crippen LogP contribution in [0.5, 0.6) is 0 Å². The minimum atomic E-state index is -2.29. The van der Waals surface area contributed by atoms with Crippen molar-refractivity contribution < 1.29 is 13.1 Å². The molecule has 0 saturated carbocycles. The second-order valence-corrected chi connectivity index (χ2v) is 11.9. The molecule has 1 aliphatic rings. The average molecular weight is 481 g/mol. The summed E-state index contributed by atoms with van der Waals surface area (Å²) in [6, 6.07) is 13.6. The number of hydrogen-bond donors (Lipinski definition) is 0. The lowest BCUT2D eigenvalue weighted by atomic mass is 10.0. The predicted octanol–water partition coefficient (Wildman–Crippen LogP) is 5.50. The Morgan fingerprint density at radius 3 is 2.47 bits per heavy atom. The van der Waals surface area contributed by atoms with Crippen molar-refractivity contribution in [1.82, 2.24) is 14.7 Å². The Morgan fingerprint density at radius 1 is 1.15 bits per heavy atom. The third kappa shape index (κ3) is 4.22. The van der Waals surface area contributed by atoms with Gasteiger partial charge in [-0.25, -0.2) is 4.39 Å². The van der Waals surface area contributed by atoms with Gasteiger partial charge in [0, 0.05) is 53.3 Å². The van der Waals surface area contributed by atoms with E-state index < -0.39 is 9.52 Å². The summed E-state index contributed by atoms with van der Waals surface area (Å²) in [6.45, 7) is 5.71. The molecule has 0 bridgehead atoms. The van der Waals surface area contributed by atoms with E-state index in [-0.39, 0.29) is 17.8 Å². The van der Waals surface area contributed by atoms with E-state index in [1.807, 2.05) is 38.1 Å². The van der Waals surface area contributed by atoms with Crippen molar-refractivity contribution in [2.45, 2.75) is 43.5 Å². The highest BCUT2D eigenvalue weighted by molar-refractivity contribution is 7.99. The molecule has 1 aliphatic heterocycles. The van der Waals surface area contributed by atoms with Crippen LogP contribution in [0, 0.1) is 5.82 Å². The smallest absolute Gasteiger partial charge is 0.324 e. The molecule has 6 nitrogen and oxygen atoms in total. The van der Waals surface area contributed by atoms with Gasteiger partial charge in [-0.3, -0.25) is 4.21 Å². The van der Waals surface area contributed by atoms with Crippen molar-refractivity contribution in [3.05, 3.63) is 60.3 Å². The molecule has 1 fully saturated rings. The van der Waals surface area contributed by atoms with Crippen LogP contribution in [-0.2, 0) is 9.52 Å². The first-order valence-electron chi connectivity index (χ1n) is 11.5. The first kappa shape index (κ1) is 22.7. The van der Waals surface area contributed by atoms with Crippen LogP contribution in [0.2, 0.25) is 0 Å². The fourth-order valence-corrected chi connectivity index (χ4v) is 5.28. The van der Waals surface area contributed by atoms with Crippen LogP contribution < -0.4 is 4.90 Å². The molecule has 0 radical (unpaired) electrons. The monoisotopic (exact) mass is 480 g/mol. The summed E-state index contributed by atoms with van der Waals surface area (Å²) in [7, 11) is -2.29. The highest BCUT2D eigenvalue weighted by Crippen LogP contribution is 2.33. The van der Waals surface area contributed by atoms with Gasteiger partial charge >= 0.3 is 6.01 Å². The minimum Gasteiger partial charge on any atom is -0.344 e. The SMILES string of the molecule is C=S(C)(=O)c1ccc(-c2cc3ccn(C4CCN(c5nc(C(C)C)no5)CC4)c3cc2F)cc1. The number of hydrogen-bond acceptors (Lipinski definition) is 5. The second kappa shape index (κ2) is 8.58. The molecular formula is C26H29FN4O2S. The Labute approximate surface area is 199 Å². The Morgan fingerprint density at radius 2 is 1.85 bits per heavy atom. The highest BCUT2D eigenvalue weighted by atomic mass is 32.2. The van der Waals surface area contributed by atoms with E-state index in [4.69, 9.17) is 4.52 Å². The van der Waals surface area contributed by atoms with E-state index in [9.17, 15) is 4.21 Å². The van der Waals surface area contributed by atoms with E-state index in [0.29, 0.717) is 16.5 Å². The zero-order valence-corrected chi connectivity index (χ0v) is 20.5. The van der Waals surface area contributed by atoms with Crippen molar-refractivity contribution in [1.29, 1.82) is 0 Å². The van der Waals surface area contributed by atoms with Gasteiger partial charge in [0.05, 0.1) is 5.52 Å². The molecule has 34 heavy (non-hydrogen) atoms. The second-order valence-electron chi connectivity index (χ2n) is 9.45. The van der Waals surface area contributed by atoms with Crippen molar-refractivity contribution in [2.24, 2.45) is 0 Å². The third-order valence-corrected chi connectivity index (χ3v) is 7.82. The molecule has 1 atom stereocenters. The maximum Gasteiger partial charge on any atom is 0.324 e. The molecule has 5 rings (SSSR count). The van der Waals surface area contributed by atoms with Gasteiger partial charge in [-0.05, 0) is 64.1 Å². The molecule has 1 saturated heterocycles. The van der Waals surface area contributed by atoms with Crippen LogP contribution in [0.15, 0.2) is 58.1 Å². The van der Waals surface area contributed by atoms with Gasteiger partial charge < -0.3 is 14.0 Å². The predicted molar refractivity (Wildman–Crippen MR) is 136 cm³/mol. The number of anilines is 1. The Balaban J connectivity index is 1.36. The van der Waals surface area contributed by atoms with Gasteiger partial charge in [0.2, 0.25) is 0 Å². The number of benzene rings is 2. The topological polar surface area (TPSA) is 64.2 Å². The molecular weight excluding hydrogens is 451 g/mol. The van der Waals surface area contributed by atoms with Crippen LogP contribution in [0.25, 0.3) is 22.0 Å². The summed E-state index contributed by atoms with van der Waals surface area (Å²) < 4.78 is 35.0. The molecule has 0 spiro atoms. The highest BCUT2D eigenvalue weighted by Gasteiger charge is 2.25. The fourth-order valence-electron chi connectivity index (χ4n) is 4.56. The fraction of sp³-hybridized carbons (Fsp3) is 0.346. The van der Waals surface area contributed by atoms with E-state index in [1.54, 1.807) is 24.5 Å². The summed E-state index contributed by atoms with van der Waals surface area (Å²) in [5.74, 6) is 4.41. The van der Waals surface area contributed by atoms with Crippen molar-refractivity contribution in [3.63, 3.8) is 0 Å². The van der Waals surface area contributed by atoms with Crippen molar-refractivity contribution in [3.8, 4) is 11.1 Å². The van der Waals surface area contributed by atoms with E-state index in [2.05, 4.69) is 31.7 Å². The number of aromatic nitrogens is 3. The average Bonchev–Trinajstić information content (AvgIpc) is 3.46. The van der Waals surface area contributed by atoms with Crippen LogP contribution in [-0.4, -0.2) is 44.1 Å². The standard InChI is InChI=1S/C26H29FN4O2S/c1-17(2)25-28-26(33-29-25)30-12-10-20(11-13-30)31-14-9-19-15-22(23(27)16-24(19)31)18-5-7-21(8-6-18)34(3,4)32/h5-9,14-17,20H,3,10-13H2,1-2,4H3. The molecule has 0 N–H and O–H groups in total. The lowest BCUT2D eigenvalue weighted by Crippen LogP contribution is -2.34. The van der Waals surface area contributed by atoms with E-state index in [1.165, 1.54) is 0 Å². The number of fused-ring (bicyclic) bond motifs is 1. The quantitative estimate of drug-likeness (QED) is 0.353. The molecule has 2 aromatic carbocycles. The molecule has 1 unspecified atom stereocenters. The minimum absolute atomic E-state index is 0.232. The van der Waals surface area contributed by atoms with E-state index >= 15 is 4.39 Å². The zero-order valence-electron chi connectivity index (χ0n) is 19.7. The molecule has 0 amide bonds. The summed E-state index contributed by atoms with van der Waals surface area (Å²) >= 11 is 0. The number of nitrogens with zero attached hydrogens (tertiary/aromatic N) is 4. The van der Waals surface area contributed by atoms with Gasteiger partial charge in [0.1, 0.15) is 5.82 Å².